The van der Waals surface area contributed by atoms with E-state index in [0.29, 0.717) is 5.69 Å². The van der Waals surface area contributed by atoms with E-state index >= 15 is 0 Å². The average Bonchev–Trinajstić information content (AvgIpc) is 2.88. The van der Waals surface area contributed by atoms with Crippen molar-refractivity contribution in [3.05, 3.63) is 40.8 Å². The second kappa shape index (κ2) is 5.56. The molecule has 1 aromatic carbocycles. The maximum absolute atomic E-state index is 12.2. The number of hydrogen-bond acceptors (Lipinski definition) is 7. The van der Waals surface area contributed by atoms with Gasteiger partial charge in [-0.3, -0.25) is 0 Å². The van der Waals surface area contributed by atoms with E-state index in [1.807, 2.05) is 19.9 Å². The standard InChI is InChI=1S/C15H16N6O2/c1-7-3-8(2)9-5-11(18-10(9)4-7)13(22)23-6-12-19-14(16)21-15(17)20-12/h3-5,18H,6H2,1-2H3,(H4,16,17,19,20,21). The number of rotatable bonds is 3. The van der Waals surface area contributed by atoms with Gasteiger partial charge in [0.15, 0.2) is 12.4 Å². The van der Waals surface area contributed by atoms with Crippen molar-refractivity contribution < 1.29 is 9.53 Å². The van der Waals surface area contributed by atoms with Crippen LogP contribution in [0.25, 0.3) is 10.9 Å². The molecule has 0 atom stereocenters. The van der Waals surface area contributed by atoms with Crippen LogP contribution in [0.5, 0.6) is 0 Å². The highest BCUT2D eigenvalue weighted by atomic mass is 16.5. The number of anilines is 2. The zero-order valence-electron chi connectivity index (χ0n) is 12.8. The van der Waals surface area contributed by atoms with Crippen LogP contribution in [-0.2, 0) is 11.3 Å². The molecule has 8 heteroatoms. The van der Waals surface area contributed by atoms with Crippen molar-refractivity contribution in [1.29, 1.82) is 0 Å². The normalized spacial score (nSPS) is 10.9. The number of hydrogen-bond donors (Lipinski definition) is 3. The van der Waals surface area contributed by atoms with Crippen LogP contribution in [0.3, 0.4) is 0 Å². The number of aromatic nitrogens is 4. The fourth-order valence-corrected chi connectivity index (χ4v) is 2.44. The van der Waals surface area contributed by atoms with Crippen LogP contribution in [0.4, 0.5) is 11.9 Å². The van der Waals surface area contributed by atoms with Crippen molar-refractivity contribution in [3.63, 3.8) is 0 Å². The van der Waals surface area contributed by atoms with Gasteiger partial charge in [0.05, 0.1) is 0 Å². The zero-order chi connectivity index (χ0) is 16.6. The van der Waals surface area contributed by atoms with E-state index < -0.39 is 5.97 Å². The number of nitrogens with one attached hydrogen (secondary N) is 1. The van der Waals surface area contributed by atoms with Crippen LogP contribution in [-0.4, -0.2) is 25.9 Å². The zero-order valence-corrected chi connectivity index (χ0v) is 12.8. The van der Waals surface area contributed by atoms with E-state index in [4.69, 9.17) is 16.2 Å². The summed E-state index contributed by atoms with van der Waals surface area (Å²) in [5.41, 5.74) is 14.4. The Balaban J connectivity index is 1.79. The maximum atomic E-state index is 12.2. The summed E-state index contributed by atoms with van der Waals surface area (Å²) in [7, 11) is 0. The van der Waals surface area contributed by atoms with E-state index in [2.05, 4.69) is 26.0 Å². The molecule has 3 rings (SSSR count). The van der Waals surface area contributed by atoms with Crippen molar-refractivity contribution >= 4 is 28.8 Å². The Labute approximate surface area is 131 Å². The first-order chi connectivity index (χ1) is 10.9. The number of ether oxygens (including phenoxy) is 1. The lowest BCUT2D eigenvalue weighted by Crippen LogP contribution is -2.11. The van der Waals surface area contributed by atoms with Crippen molar-refractivity contribution in [3.8, 4) is 0 Å². The fourth-order valence-electron chi connectivity index (χ4n) is 2.44. The molecule has 0 saturated carbocycles. The van der Waals surface area contributed by atoms with Gasteiger partial charge in [-0.1, -0.05) is 6.07 Å². The number of carbonyl (C=O) groups excluding carboxylic acids is 1. The van der Waals surface area contributed by atoms with Crippen LogP contribution in [0.1, 0.15) is 27.4 Å². The molecule has 0 aliphatic rings. The summed E-state index contributed by atoms with van der Waals surface area (Å²) in [6, 6.07) is 5.80. The molecule has 0 aliphatic carbocycles. The lowest BCUT2D eigenvalue weighted by molar-refractivity contribution is 0.0456. The molecule has 5 N–H and O–H groups in total. The smallest absolute Gasteiger partial charge is 0.355 e. The van der Waals surface area contributed by atoms with Crippen LogP contribution >= 0.6 is 0 Å². The Morgan fingerprint density at radius 2 is 1.83 bits per heavy atom. The Morgan fingerprint density at radius 1 is 1.13 bits per heavy atom. The van der Waals surface area contributed by atoms with E-state index in [9.17, 15) is 4.79 Å². The molecule has 0 aliphatic heterocycles. The van der Waals surface area contributed by atoms with Gasteiger partial charge < -0.3 is 21.2 Å². The number of esters is 1. The first-order valence-electron chi connectivity index (χ1n) is 6.95. The molecule has 0 spiro atoms. The van der Waals surface area contributed by atoms with E-state index in [1.54, 1.807) is 6.07 Å². The monoisotopic (exact) mass is 312 g/mol. The van der Waals surface area contributed by atoms with Crippen molar-refractivity contribution in [2.24, 2.45) is 0 Å². The molecule has 2 aromatic heterocycles. The van der Waals surface area contributed by atoms with E-state index in [1.165, 1.54) is 0 Å². The highest BCUT2D eigenvalue weighted by molar-refractivity contribution is 5.96. The van der Waals surface area contributed by atoms with Gasteiger partial charge in [0, 0.05) is 10.9 Å². The van der Waals surface area contributed by atoms with Crippen molar-refractivity contribution in [1.82, 2.24) is 19.9 Å². The number of nitrogens with two attached hydrogens (primary N) is 2. The van der Waals surface area contributed by atoms with Gasteiger partial charge in [-0.15, -0.1) is 0 Å². The van der Waals surface area contributed by atoms with Crippen molar-refractivity contribution in [2.75, 3.05) is 11.5 Å². The first-order valence-corrected chi connectivity index (χ1v) is 6.95. The Kier molecular flexibility index (Phi) is 3.57. The molecule has 0 radical (unpaired) electrons. The Hall–Kier alpha value is -3.16. The molecule has 0 amide bonds. The van der Waals surface area contributed by atoms with Gasteiger partial charge in [-0.05, 0) is 37.1 Å². The minimum atomic E-state index is -0.504. The number of nitrogens with zero attached hydrogens (tertiary/aromatic N) is 3. The van der Waals surface area contributed by atoms with Gasteiger partial charge in [0.1, 0.15) is 5.69 Å². The number of nitrogen functional groups attached to an aromatic ring is 2. The number of benzene rings is 1. The van der Waals surface area contributed by atoms with Gasteiger partial charge in [0.2, 0.25) is 11.9 Å². The number of aryl methyl sites for hydroxylation is 2. The molecule has 0 fully saturated rings. The molecule has 0 saturated heterocycles. The van der Waals surface area contributed by atoms with Gasteiger partial charge >= 0.3 is 5.97 Å². The Bertz CT molecular complexity index is 882. The molecule has 0 unspecified atom stereocenters. The molecule has 2 heterocycles. The molecular weight excluding hydrogens is 296 g/mol. The minimum Gasteiger partial charge on any atom is -0.453 e. The predicted molar refractivity (Wildman–Crippen MR) is 85.5 cm³/mol. The third kappa shape index (κ3) is 3.05. The SMILES string of the molecule is Cc1cc(C)c2cc(C(=O)OCc3nc(N)nc(N)n3)[nH]c2c1. The van der Waals surface area contributed by atoms with E-state index in [0.717, 1.165) is 22.0 Å². The topological polar surface area (TPSA) is 133 Å². The minimum absolute atomic E-state index is 0.0136. The van der Waals surface area contributed by atoms with Crippen LogP contribution in [0, 0.1) is 13.8 Å². The lowest BCUT2D eigenvalue weighted by Gasteiger charge is -2.03. The molecule has 118 valence electrons. The number of carbonyl (C=O) groups is 1. The quantitative estimate of drug-likeness (QED) is 0.624. The molecule has 8 nitrogen and oxygen atoms in total. The molecule has 3 aromatic rings. The highest BCUT2D eigenvalue weighted by Gasteiger charge is 2.13. The van der Waals surface area contributed by atoms with Crippen molar-refractivity contribution in [2.45, 2.75) is 20.5 Å². The predicted octanol–water partition coefficient (Wildman–Crippen LogP) is 1.49. The fraction of sp³-hybridized carbons (Fsp3) is 0.200. The van der Waals surface area contributed by atoms with Gasteiger partial charge in [0.25, 0.3) is 0 Å². The van der Waals surface area contributed by atoms with Crippen LogP contribution < -0.4 is 11.5 Å². The number of aromatic amines is 1. The second-order valence-electron chi connectivity index (χ2n) is 5.27. The second-order valence-corrected chi connectivity index (χ2v) is 5.27. The largest absolute Gasteiger partial charge is 0.453 e. The maximum Gasteiger partial charge on any atom is 0.355 e. The summed E-state index contributed by atoms with van der Waals surface area (Å²) >= 11 is 0. The number of H-pyrrole nitrogens is 1. The van der Waals surface area contributed by atoms with Crippen LogP contribution in [0.15, 0.2) is 18.2 Å². The highest BCUT2D eigenvalue weighted by Crippen LogP contribution is 2.22. The summed E-state index contributed by atoms with van der Waals surface area (Å²) in [5.74, 6) is -0.331. The Morgan fingerprint density at radius 3 is 2.52 bits per heavy atom. The van der Waals surface area contributed by atoms with E-state index in [-0.39, 0.29) is 24.3 Å². The molecule has 23 heavy (non-hydrogen) atoms. The molecular formula is C15H16N6O2. The third-order valence-electron chi connectivity index (χ3n) is 3.36. The van der Waals surface area contributed by atoms with Crippen LogP contribution in [0.2, 0.25) is 0 Å². The summed E-state index contributed by atoms with van der Waals surface area (Å²) in [6.07, 6.45) is 0. The average molecular weight is 312 g/mol. The first kappa shape index (κ1) is 14.8. The van der Waals surface area contributed by atoms with Gasteiger partial charge in [-0.25, -0.2) is 4.79 Å². The number of fused-ring (bicyclic) bond motifs is 1. The third-order valence-corrected chi connectivity index (χ3v) is 3.36. The summed E-state index contributed by atoms with van der Waals surface area (Å²) < 4.78 is 5.19. The van der Waals surface area contributed by atoms with Gasteiger partial charge in [-0.2, -0.15) is 15.0 Å². The summed E-state index contributed by atoms with van der Waals surface area (Å²) in [4.78, 5) is 26.6. The molecule has 0 bridgehead atoms. The summed E-state index contributed by atoms with van der Waals surface area (Å²) in [5, 5.41) is 0.983. The summed E-state index contributed by atoms with van der Waals surface area (Å²) in [6.45, 7) is 3.86. The lowest BCUT2D eigenvalue weighted by atomic mass is 10.1.